The van der Waals surface area contributed by atoms with Gasteiger partial charge in [-0.1, -0.05) is 0 Å². The lowest BCUT2D eigenvalue weighted by atomic mass is 10.1. The molecule has 0 atom stereocenters. The van der Waals surface area contributed by atoms with Crippen LogP contribution in [-0.2, 0) is 4.79 Å². The van der Waals surface area contributed by atoms with Crippen molar-refractivity contribution in [2.45, 2.75) is 6.42 Å². The van der Waals surface area contributed by atoms with Crippen LogP contribution in [0, 0.1) is 0 Å². The van der Waals surface area contributed by atoms with Crippen LogP contribution in [-0.4, -0.2) is 54.3 Å². The average molecular weight is 355 g/mol. The lowest BCUT2D eigenvalue weighted by Gasteiger charge is -2.21. The van der Waals surface area contributed by atoms with Gasteiger partial charge in [-0.05, 0) is 40.5 Å². The first-order chi connectivity index (χ1) is 9.97. The number of carbonyl (C=O) groups excluding carboxylic acids is 2. The third kappa shape index (κ3) is 4.18. The minimum absolute atomic E-state index is 0.0323. The Kier molecular flexibility index (Phi) is 5.19. The molecule has 0 radical (unpaired) electrons. The maximum atomic E-state index is 12.5. The van der Waals surface area contributed by atoms with Crippen LogP contribution in [0.15, 0.2) is 22.7 Å². The normalized spacial score (nSPS) is 16.5. The Balaban J connectivity index is 2.02. The molecule has 0 aromatic heterocycles. The van der Waals surface area contributed by atoms with E-state index in [4.69, 9.17) is 11.5 Å². The van der Waals surface area contributed by atoms with Crippen LogP contribution in [0.5, 0.6) is 0 Å². The summed E-state index contributed by atoms with van der Waals surface area (Å²) in [6.45, 7) is 2.93. The maximum absolute atomic E-state index is 12.5. The quantitative estimate of drug-likeness (QED) is 0.780. The number of carbonyl (C=O) groups is 2. The van der Waals surface area contributed by atoms with Crippen molar-refractivity contribution in [1.82, 2.24) is 9.80 Å². The van der Waals surface area contributed by atoms with Crippen molar-refractivity contribution in [1.29, 1.82) is 0 Å². The zero-order valence-corrected chi connectivity index (χ0v) is 13.3. The van der Waals surface area contributed by atoms with E-state index in [1.54, 1.807) is 23.1 Å². The second-order valence-corrected chi connectivity index (χ2v) is 5.98. The fraction of sp³-hybridized carbons (Fsp3) is 0.429. The fourth-order valence-electron chi connectivity index (χ4n) is 2.41. The molecule has 0 spiro atoms. The molecule has 21 heavy (non-hydrogen) atoms. The topological polar surface area (TPSA) is 92.7 Å². The predicted octanol–water partition coefficient (Wildman–Crippen LogP) is 0.665. The molecular formula is C14H19BrN4O2. The molecule has 2 rings (SSSR count). The van der Waals surface area contributed by atoms with Gasteiger partial charge in [-0.3, -0.25) is 14.5 Å². The number of hydrogen-bond donors (Lipinski definition) is 2. The third-order valence-electron chi connectivity index (χ3n) is 3.50. The zero-order chi connectivity index (χ0) is 15.4. The smallest absolute Gasteiger partial charge is 0.253 e. The molecule has 0 unspecified atom stereocenters. The van der Waals surface area contributed by atoms with Crippen molar-refractivity contribution in [3.8, 4) is 0 Å². The Morgan fingerprint density at radius 3 is 2.62 bits per heavy atom. The van der Waals surface area contributed by atoms with E-state index in [1.165, 1.54) is 0 Å². The summed E-state index contributed by atoms with van der Waals surface area (Å²) in [6, 6.07) is 5.22. The van der Waals surface area contributed by atoms with E-state index in [0.29, 0.717) is 30.9 Å². The molecule has 1 saturated heterocycles. The number of primary amides is 1. The molecule has 1 fully saturated rings. The number of nitrogen functional groups attached to an aromatic ring is 1. The first kappa shape index (κ1) is 15.8. The predicted molar refractivity (Wildman–Crippen MR) is 84.7 cm³/mol. The van der Waals surface area contributed by atoms with Crippen molar-refractivity contribution >= 4 is 33.4 Å². The van der Waals surface area contributed by atoms with Crippen LogP contribution in [0.25, 0.3) is 0 Å². The summed E-state index contributed by atoms with van der Waals surface area (Å²) < 4.78 is 0.780. The van der Waals surface area contributed by atoms with Crippen molar-refractivity contribution in [2.75, 3.05) is 38.5 Å². The van der Waals surface area contributed by atoms with Gasteiger partial charge in [0.1, 0.15) is 0 Å². The lowest BCUT2D eigenvalue weighted by molar-refractivity contribution is -0.119. The molecule has 0 bridgehead atoms. The Hall–Kier alpha value is -1.60. The molecule has 4 N–H and O–H groups in total. The average Bonchev–Trinajstić information content (AvgIpc) is 2.66. The molecule has 1 aromatic carbocycles. The summed E-state index contributed by atoms with van der Waals surface area (Å²) in [7, 11) is 0. The van der Waals surface area contributed by atoms with E-state index in [-0.39, 0.29) is 18.4 Å². The summed E-state index contributed by atoms with van der Waals surface area (Å²) >= 11 is 3.32. The minimum atomic E-state index is -0.338. The second-order valence-electron chi connectivity index (χ2n) is 5.12. The van der Waals surface area contributed by atoms with Crippen molar-refractivity contribution in [3.63, 3.8) is 0 Å². The maximum Gasteiger partial charge on any atom is 0.253 e. The summed E-state index contributed by atoms with van der Waals surface area (Å²) in [5, 5.41) is 0. The Labute approximate surface area is 132 Å². The second kappa shape index (κ2) is 6.91. The highest BCUT2D eigenvalue weighted by Crippen LogP contribution is 2.21. The van der Waals surface area contributed by atoms with E-state index in [2.05, 4.69) is 15.9 Å². The standard InChI is InChI=1S/C14H19BrN4O2/c15-11-3-2-10(8-12(11)16)14(21)19-5-1-4-18(6-7-19)9-13(17)20/h2-3,8H,1,4-7,9,16H2,(H2,17,20). The highest BCUT2D eigenvalue weighted by molar-refractivity contribution is 9.10. The van der Waals surface area contributed by atoms with Gasteiger partial charge in [0.05, 0.1) is 6.54 Å². The fourth-order valence-corrected chi connectivity index (χ4v) is 2.66. The molecule has 2 amide bonds. The Morgan fingerprint density at radius 2 is 1.95 bits per heavy atom. The minimum Gasteiger partial charge on any atom is -0.398 e. The number of hydrogen-bond acceptors (Lipinski definition) is 4. The van der Waals surface area contributed by atoms with E-state index in [9.17, 15) is 9.59 Å². The van der Waals surface area contributed by atoms with Crippen LogP contribution in [0.1, 0.15) is 16.8 Å². The van der Waals surface area contributed by atoms with Gasteiger partial charge >= 0.3 is 0 Å². The molecule has 114 valence electrons. The largest absolute Gasteiger partial charge is 0.398 e. The monoisotopic (exact) mass is 354 g/mol. The molecule has 1 aliphatic heterocycles. The van der Waals surface area contributed by atoms with Gasteiger partial charge in [0.25, 0.3) is 5.91 Å². The molecule has 7 heteroatoms. The van der Waals surface area contributed by atoms with Gasteiger partial charge in [0, 0.05) is 41.9 Å². The molecule has 1 aliphatic rings. The van der Waals surface area contributed by atoms with Gasteiger partial charge in [-0.15, -0.1) is 0 Å². The van der Waals surface area contributed by atoms with Gasteiger partial charge < -0.3 is 16.4 Å². The SMILES string of the molecule is NC(=O)CN1CCCN(C(=O)c2ccc(Br)c(N)c2)CC1. The van der Waals surface area contributed by atoms with Crippen LogP contribution in [0.4, 0.5) is 5.69 Å². The van der Waals surface area contributed by atoms with E-state index < -0.39 is 0 Å². The Bertz CT molecular complexity index is 550. The zero-order valence-electron chi connectivity index (χ0n) is 11.7. The molecule has 0 aliphatic carbocycles. The number of anilines is 1. The molecule has 1 aromatic rings. The summed E-state index contributed by atoms with van der Waals surface area (Å²) in [5.74, 6) is -0.370. The highest BCUT2D eigenvalue weighted by Gasteiger charge is 2.21. The third-order valence-corrected chi connectivity index (χ3v) is 4.22. The first-order valence-electron chi connectivity index (χ1n) is 6.82. The molecular weight excluding hydrogens is 336 g/mol. The van der Waals surface area contributed by atoms with Gasteiger partial charge in [0.15, 0.2) is 0 Å². The van der Waals surface area contributed by atoms with Gasteiger partial charge in [-0.2, -0.15) is 0 Å². The summed E-state index contributed by atoms with van der Waals surface area (Å²) in [4.78, 5) is 27.2. The van der Waals surface area contributed by atoms with Crippen molar-refractivity contribution < 1.29 is 9.59 Å². The molecule has 1 heterocycles. The number of amides is 2. The number of rotatable bonds is 3. The van der Waals surface area contributed by atoms with Gasteiger partial charge in [-0.25, -0.2) is 0 Å². The molecule has 6 nitrogen and oxygen atoms in total. The summed E-state index contributed by atoms with van der Waals surface area (Å²) in [6.07, 6.45) is 0.824. The number of benzene rings is 1. The van der Waals surface area contributed by atoms with Crippen LogP contribution in [0.3, 0.4) is 0 Å². The van der Waals surface area contributed by atoms with E-state index in [0.717, 1.165) is 17.4 Å². The van der Waals surface area contributed by atoms with Crippen LogP contribution >= 0.6 is 15.9 Å². The summed E-state index contributed by atoms with van der Waals surface area (Å²) in [5.41, 5.74) is 12.2. The number of nitrogens with zero attached hydrogens (tertiary/aromatic N) is 2. The number of halogens is 1. The highest BCUT2D eigenvalue weighted by atomic mass is 79.9. The van der Waals surface area contributed by atoms with Gasteiger partial charge in [0.2, 0.25) is 5.91 Å². The molecule has 0 saturated carbocycles. The van der Waals surface area contributed by atoms with Crippen molar-refractivity contribution in [2.24, 2.45) is 5.73 Å². The van der Waals surface area contributed by atoms with E-state index >= 15 is 0 Å². The van der Waals surface area contributed by atoms with E-state index in [1.807, 2.05) is 4.90 Å². The van der Waals surface area contributed by atoms with Crippen LogP contribution < -0.4 is 11.5 Å². The number of nitrogens with two attached hydrogens (primary N) is 2. The van der Waals surface area contributed by atoms with Crippen LogP contribution in [0.2, 0.25) is 0 Å². The Morgan fingerprint density at radius 1 is 1.19 bits per heavy atom. The van der Waals surface area contributed by atoms with Crippen molar-refractivity contribution in [3.05, 3.63) is 28.2 Å². The first-order valence-corrected chi connectivity index (χ1v) is 7.61. The lowest BCUT2D eigenvalue weighted by Crippen LogP contribution is -2.38.